The summed E-state index contributed by atoms with van der Waals surface area (Å²) in [5.74, 6) is 0. The minimum atomic E-state index is -0.242. The number of ether oxygens (including phenoxy) is 2. The van der Waals surface area contributed by atoms with Gasteiger partial charge in [0.1, 0.15) is 5.60 Å². The molecule has 0 aromatic heterocycles. The van der Waals surface area contributed by atoms with Crippen molar-refractivity contribution in [1.29, 1.82) is 5.26 Å². The summed E-state index contributed by atoms with van der Waals surface area (Å²) in [7, 11) is 0. The summed E-state index contributed by atoms with van der Waals surface area (Å²) >= 11 is 0. The molecule has 11 heavy (non-hydrogen) atoms. The molecule has 2 fully saturated rings. The van der Waals surface area contributed by atoms with Crippen LogP contribution in [0.1, 0.15) is 20.3 Å². The first-order valence-corrected chi connectivity index (χ1v) is 3.92. The number of nitrogens with zero attached hydrogens (tertiary/aromatic N) is 1. The molecule has 0 aromatic carbocycles. The highest BCUT2D eigenvalue weighted by molar-refractivity contribution is 5.19. The van der Waals surface area contributed by atoms with Gasteiger partial charge in [-0.25, -0.2) is 0 Å². The summed E-state index contributed by atoms with van der Waals surface area (Å²) in [6.45, 7) is 3.99. The number of hydrogen-bond donors (Lipinski definition) is 0. The summed E-state index contributed by atoms with van der Waals surface area (Å²) in [5.41, 5.74) is -0.242. The zero-order valence-electron chi connectivity index (χ0n) is 6.70. The predicted molar refractivity (Wildman–Crippen MR) is 37.8 cm³/mol. The molecule has 0 saturated carbocycles. The lowest BCUT2D eigenvalue weighted by molar-refractivity contribution is 0.0486. The van der Waals surface area contributed by atoms with Gasteiger partial charge in [0.25, 0.3) is 0 Å². The van der Waals surface area contributed by atoms with Crippen LogP contribution < -0.4 is 0 Å². The molecule has 0 aromatic rings. The molecule has 3 nitrogen and oxygen atoms in total. The molecule has 0 N–H and O–H groups in total. The molecule has 2 aliphatic rings. The van der Waals surface area contributed by atoms with Crippen molar-refractivity contribution in [2.45, 2.75) is 44.2 Å². The summed E-state index contributed by atoms with van der Waals surface area (Å²) in [6.07, 6.45) is 0.972. The normalized spacial score (nSPS) is 54.5. The van der Waals surface area contributed by atoms with Gasteiger partial charge in [0.2, 0.25) is 0 Å². The molecule has 2 saturated heterocycles. The molecule has 4 unspecified atom stereocenters. The van der Waals surface area contributed by atoms with Crippen LogP contribution in [0.4, 0.5) is 0 Å². The molecule has 0 bridgehead atoms. The minimum absolute atomic E-state index is 0.0853. The van der Waals surface area contributed by atoms with Crippen molar-refractivity contribution in [3.63, 3.8) is 0 Å². The van der Waals surface area contributed by atoms with Gasteiger partial charge in [0, 0.05) is 6.42 Å². The van der Waals surface area contributed by atoms with Crippen molar-refractivity contribution in [1.82, 2.24) is 0 Å². The van der Waals surface area contributed by atoms with E-state index in [0.717, 1.165) is 6.42 Å². The Morgan fingerprint density at radius 1 is 1.55 bits per heavy atom. The molecular weight excluding hydrogens is 142 g/mol. The van der Waals surface area contributed by atoms with Crippen molar-refractivity contribution in [3.05, 3.63) is 0 Å². The largest absolute Gasteiger partial charge is 0.372 e. The highest BCUT2D eigenvalue weighted by atomic mass is 16.7. The lowest BCUT2D eigenvalue weighted by Gasteiger charge is -2.06. The molecule has 1 spiro atoms. The van der Waals surface area contributed by atoms with Crippen LogP contribution in [-0.2, 0) is 9.47 Å². The van der Waals surface area contributed by atoms with E-state index in [9.17, 15) is 0 Å². The molecule has 60 valence electrons. The highest BCUT2D eigenvalue weighted by Crippen LogP contribution is 2.49. The molecule has 4 atom stereocenters. The Balaban J connectivity index is 2.13. The standard InChI is InChI=1S/C8H11NO2/c1-5-3-8(6(2)10-5)7(4-9)11-8/h5-7H,3H2,1-2H3. The van der Waals surface area contributed by atoms with Crippen molar-refractivity contribution >= 4 is 0 Å². The smallest absolute Gasteiger partial charge is 0.176 e. The second kappa shape index (κ2) is 1.96. The Morgan fingerprint density at radius 3 is 2.64 bits per heavy atom. The number of nitriles is 1. The van der Waals surface area contributed by atoms with Crippen LogP contribution in [0.5, 0.6) is 0 Å². The van der Waals surface area contributed by atoms with E-state index in [0.29, 0.717) is 0 Å². The van der Waals surface area contributed by atoms with E-state index in [1.807, 2.05) is 13.8 Å². The third kappa shape index (κ3) is 0.800. The molecule has 3 heteroatoms. The van der Waals surface area contributed by atoms with Crippen molar-refractivity contribution < 1.29 is 9.47 Å². The van der Waals surface area contributed by atoms with Gasteiger partial charge in [-0.1, -0.05) is 0 Å². The van der Waals surface area contributed by atoms with E-state index in [1.165, 1.54) is 0 Å². The average Bonchev–Trinajstić information content (AvgIpc) is 2.55. The highest BCUT2D eigenvalue weighted by Gasteiger charge is 2.65. The molecule has 0 amide bonds. The first-order chi connectivity index (χ1) is 5.19. The van der Waals surface area contributed by atoms with Gasteiger partial charge in [0.05, 0.1) is 18.3 Å². The fraction of sp³-hybridized carbons (Fsp3) is 0.875. The van der Waals surface area contributed by atoms with Gasteiger partial charge in [-0.05, 0) is 13.8 Å². The third-order valence-corrected chi connectivity index (χ3v) is 2.57. The lowest BCUT2D eigenvalue weighted by atomic mass is 9.97. The number of hydrogen-bond acceptors (Lipinski definition) is 3. The fourth-order valence-corrected chi connectivity index (χ4v) is 1.91. The molecule has 2 rings (SSSR count). The van der Waals surface area contributed by atoms with E-state index >= 15 is 0 Å². The fourth-order valence-electron chi connectivity index (χ4n) is 1.91. The molecule has 0 aliphatic carbocycles. The summed E-state index contributed by atoms with van der Waals surface area (Å²) in [6, 6.07) is 2.12. The zero-order chi connectivity index (χ0) is 8.06. The Morgan fingerprint density at radius 2 is 2.27 bits per heavy atom. The first-order valence-electron chi connectivity index (χ1n) is 3.92. The number of rotatable bonds is 0. The molecular formula is C8H11NO2. The van der Waals surface area contributed by atoms with Crippen LogP contribution >= 0.6 is 0 Å². The Kier molecular flexibility index (Phi) is 1.26. The van der Waals surface area contributed by atoms with Crippen LogP contribution in [0, 0.1) is 11.3 Å². The molecule has 0 radical (unpaired) electrons. The van der Waals surface area contributed by atoms with Gasteiger partial charge < -0.3 is 9.47 Å². The SMILES string of the molecule is CC1CC2(OC2C#N)C(C)O1. The van der Waals surface area contributed by atoms with Crippen LogP contribution in [-0.4, -0.2) is 23.9 Å². The Labute approximate surface area is 65.9 Å². The van der Waals surface area contributed by atoms with Gasteiger partial charge in [-0.3, -0.25) is 0 Å². The summed E-state index contributed by atoms with van der Waals surface area (Å²) in [4.78, 5) is 0. The maximum Gasteiger partial charge on any atom is 0.176 e. The van der Waals surface area contributed by atoms with Crippen LogP contribution in [0.25, 0.3) is 0 Å². The van der Waals surface area contributed by atoms with E-state index in [2.05, 4.69) is 6.07 Å². The predicted octanol–water partition coefficient (Wildman–Crippen LogP) is 0.845. The van der Waals surface area contributed by atoms with Crippen LogP contribution in [0.2, 0.25) is 0 Å². The minimum Gasteiger partial charge on any atom is -0.372 e. The molecule has 2 heterocycles. The van der Waals surface area contributed by atoms with E-state index in [4.69, 9.17) is 14.7 Å². The van der Waals surface area contributed by atoms with Gasteiger partial charge in [-0.15, -0.1) is 0 Å². The van der Waals surface area contributed by atoms with E-state index < -0.39 is 0 Å². The van der Waals surface area contributed by atoms with Crippen LogP contribution in [0.15, 0.2) is 0 Å². The van der Waals surface area contributed by atoms with Crippen molar-refractivity contribution in [2.75, 3.05) is 0 Å². The maximum absolute atomic E-state index is 8.61. The van der Waals surface area contributed by atoms with Gasteiger partial charge in [-0.2, -0.15) is 5.26 Å². The third-order valence-electron chi connectivity index (χ3n) is 2.57. The quantitative estimate of drug-likeness (QED) is 0.484. The van der Waals surface area contributed by atoms with Crippen LogP contribution in [0.3, 0.4) is 0 Å². The zero-order valence-corrected chi connectivity index (χ0v) is 6.70. The van der Waals surface area contributed by atoms with Crippen molar-refractivity contribution in [3.8, 4) is 6.07 Å². The van der Waals surface area contributed by atoms with Crippen molar-refractivity contribution in [2.24, 2.45) is 0 Å². The Bertz CT molecular complexity index is 223. The first kappa shape index (κ1) is 7.08. The summed E-state index contributed by atoms with van der Waals surface area (Å²) < 4.78 is 10.8. The lowest BCUT2D eigenvalue weighted by Crippen LogP contribution is -2.23. The van der Waals surface area contributed by atoms with E-state index in [-0.39, 0.29) is 23.9 Å². The maximum atomic E-state index is 8.61. The Hall–Kier alpha value is -0.590. The topological polar surface area (TPSA) is 45.5 Å². The monoisotopic (exact) mass is 153 g/mol. The second-order valence-electron chi connectivity index (χ2n) is 3.37. The summed E-state index contributed by atoms with van der Waals surface area (Å²) in [5, 5.41) is 8.61. The average molecular weight is 153 g/mol. The van der Waals surface area contributed by atoms with Gasteiger partial charge >= 0.3 is 0 Å². The number of epoxide rings is 1. The second-order valence-corrected chi connectivity index (χ2v) is 3.37. The van der Waals surface area contributed by atoms with Gasteiger partial charge in [0.15, 0.2) is 6.10 Å². The molecule has 2 aliphatic heterocycles. The van der Waals surface area contributed by atoms with E-state index in [1.54, 1.807) is 0 Å².